The normalized spacial score (nSPS) is 27.5. The molecule has 0 spiro atoms. The lowest BCUT2D eigenvalue weighted by molar-refractivity contribution is -0.148. The van der Waals surface area contributed by atoms with Crippen molar-refractivity contribution >= 4 is 11.9 Å². The van der Waals surface area contributed by atoms with E-state index in [0.717, 1.165) is 19.6 Å². The van der Waals surface area contributed by atoms with E-state index in [-0.39, 0.29) is 17.9 Å². The third kappa shape index (κ3) is 3.02. The zero-order valence-electron chi connectivity index (χ0n) is 11.0. The van der Waals surface area contributed by atoms with Crippen molar-refractivity contribution in [2.75, 3.05) is 26.2 Å². The summed E-state index contributed by atoms with van der Waals surface area (Å²) in [6.07, 6.45) is 3.33. The Morgan fingerprint density at radius 3 is 2.72 bits per heavy atom. The fourth-order valence-corrected chi connectivity index (χ4v) is 2.94. The van der Waals surface area contributed by atoms with Crippen LogP contribution in [0.5, 0.6) is 0 Å². The highest BCUT2D eigenvalue weighted by atomic mass is 16.4. The predicted molar refractivity (Wildman–Crippen MR) is 67.2 cm³/mol. The van der Waals surface area contributed by atoms with Crippen molar-refractivity contribution in [2.24, 2.45) is 5.92 Å². The smallest absolute Gasteiger partial charge is 0.308 e. The van der Waals surface area contributed by atoms with E-state index >= 15 is 0 Å². The van der Waals surface area contributed by atoms with E-state index in [4.69, 9.17) is 5.11 Å². The van der Waals surface area contributed by atoms with Gasteiger partial charge in [0.05, 0.1) is 5.92 Å². The first-order valence-electron chi connectivity index (χ1n) is 6.82. The van der Waals surface area contributed by atoms with Crippen LogP contribution in [-0.2, 0) is 9.59 Å². The molecule has 5 heteroatoms. The number of amides is 1. The lowest BCUT2D eigenvalue weighted by atomic mass is 9.96. The minimum atomic E-state index is -0.777. The minimum Gasteiger partial charge on any atom is -0.481 e. The third-order valence-corrected chi connectivity index (χ3v) is 4.05. The predicted octanol–water partition coefficient (Wildman–Crippen LogP) is 0.794. The van der Waals surface area contributed by atoms with Gasteiger partial charge >= 0.3 is 5.97 Å². The summed E-state index contributed by atoms with van der Waals surface area (Å²) >= 11 is 0. The number of carbonyl (C=O) groups is 2. The van der Waals surface area contributed by atoms with Crippen LogP contribution in [0.15, 0.2) is 0 Å². The van der Waals surface area contributed by atoms with Crippen LogP contribution >= 0.6 is 0 Å². The van der Waals surface area contributed by atoms with Gasteiger partial charge in [0.2, 0.25) is 5.91 Å². The molecule has 2 atom stereocenters. The molecule has 2 aliphatic heterocycles. The number of rotatable bonds is 4. The van der Waals surface area contributed by atoms with Crippen LogP contribution in [-0.4, -0.2) is 59.0 Å². The Balaban J connectivity index is 1.91. The first-order valence-corrected chi connectivity index (χ1v) is 6.82. The summed E-state index contributed by atoms with van der Waals surface area (Å²) in [5.74, 6) is -1.05. The maximum absolute atomic E-state index is 11.9. The average Bonchev–Trinajstić information content (AvgIpc) is 2.81. The number of carbonyl (C=O) groups excluding carboxylic acids is 1. The van der Waals surface area contributed by atoms with Crippen molar-refractivity contribution in [1.29, 1.82) is 0 Å². The summed E-state index contributed by atoms with van der Waals surface area (Å²) in [7, 11) is 0. The van der Waals surface area contributed by atoms with Crippen molar-refractivity contribution in [3.05, 3.63) is 0 Å². The monoisotopic (exact) mass is 254 g/mol. The van der Waals surface area contributed by atoms with Gasteiger partial charge in [0.1, 0.15) is 0 Å². The molecule has 0 aromatic carbocycles. The van der Waals surface area contributed by atoms with E-state index in [1.165, 1.54) is 12.8 Å². The summed E-state index contributed by atoms with van der Waals surface area (Å²) in [5, 5.41) is 9.06. The Morgan fingerprint density at radius 1 is 1.44 bits per heavy atom. The second kappa shape index (κ2) is 5.69. The van der Waals surface area contributed by atoms with Crippen molar-refractivity contribution in [3.63, 3.8) is 0 Å². The van der Waals surface area contributed by atoms with Gasteiger partial charge < -0.3 is 14.9 Å². The number of aliphatic carboxylic acids is 1. The first kappa shape index (κ1) is 13.3. The quantitative estimate of drug-likeness (QED) is 0.806. The van der Waals surface area contributed by atoms with Crippen molar-refractivity contribution in [3.8, 4) is 0 Å². The average molecular weight is 254 g/mol. The van der Waals surface area contributed by atoms with E-state index in [1.807, 2.05) is 6.92 Å². The van der Waals surface area contributed by atoms with Gasteiger partial charge in [0, 0.05) is 25.6 Å². The van der Waals surface area contributed by atoms with Crippen LogP contribution in [0, 0.1) is 5.92 Å². The van der Waals surface area contributed by atoms with Crippen molar-refractivity contribution < 1.29 is 14.7 Å². The number of carboxylic acids is 1. The first-order chi connectivity index (χ1) is 8.58. The molecule has 5 nitrogen and oxygen atoms in total. The largest absolute Gasteiger partial charge is 0.481 e. The number of hydrogen-bond acceptors (Lipinski definition) is 3. The molecule has 2 unspecified atom stereocenters. The fraction of sp³-hybridized carbons (Fsp3) is 0.846. The summed E-state index contributed by atoms with van der Waals surface area (Å²) in [6, 6.07) is 0.123. The second-order valence-corrected chi connectivity index (χ2v) is 5.48. The number of carboxylic acid groups (broad SMARTS) is 1. The fourth-order valence-electron chi connectivity index (χ4n) is 2.94. The zero-order chi connectivity index (χ0) is 13.1. The standard InChI is InChI=1S/C13H22N2O3/c1-10(8-14-6-2-3-7-14)15-9-11(13(17)18)4-5-12(15)16/h10-11H,2-9H2,1H3,(H,17,18). The van der Waals surface area contributed by atoms with E-state index < -0.39 is 5.97 Å². The van der Waals surface area contributed by atoms with Crippen molar-refractivity contribution in [1.82, 2.24) is 9.80 Å². The van der Waals surface area contributed by atoms with Crippen LogP contribution in [0.1, 0.15) is 32.6 Å². The molecule has 0 aliphatic carbocycles. The zero-order valence-corrected chi connectivity index (χ0v) is 11.0. The summed E-state index contributed by atoms with van der Waals surface area (Å²) in [5.41, 5.74) is 0. The highest BCUT2D eigenvalue weighted by molar-refractivity contribution is 5.80. The molecule has 1 amide bonds. The molecule has 0 aromatic heterocycles. The van der Waals surface area contributed by atoms with Crippen LogP contribution in [0.2, 0.25) is 0 Å². The Labute approximate surface area is 108 Å². The van der Waals surface area contributed by atoms with Gasteiger partial charge in [-0.25, -0.2) is 0 Å². The molecule has 1 N–H and O–H groups in total. The molecule has 2 heterocycles. The number of hydrogen-bond donors (Lipinski definition) is 1. The van der Waals surface area contributed by atoms with Crippen LogP contribution in [0.25, 0.3) is 0 Å². The third-order valence-electron chi connectivity index (χ3n) is 4.05. The summed E-state index contributed by atoms with van der Waals surface area (Å²) < 4.78 is 0. The lowest BCUT2D eigenvalue weighted by Gasteiger charge is -2.37. The van der Waals surface area contributed by atoms with Gasteiger partial charge in [-0.15, -0.1) is 0 Å². The molecule has 2 saturated heterocycles. The van der Waals surface area contributed by atoms with Crippen LogP contribution in [0.4, 0.5) is 0 Å². The Kier molecular flexibility index (Phi) is 4.22. The SMILES string of the molecule is CC(CN1CCCC1)N1CC(C(=O)O)CCC1=O. The van der Waals surface area contributed by atoms with E-state index in [1.54, 1.807) is 4.90 Å². The number of likely N-dealkylation sites (tertiary alicyclic amines) is 2. The van der Waals surface area contributed by atoms with Gasteiger partial charge in [0.25, 0.3) is 0 Å². The topological polar surface area (TPSA) is 60.9 Å². The van der Waals surface area contributed by atoms with Crippen LogP contribution in [0.3, 0.4) is 0 Å². The molecule has 0 radical (unpaired) electrons. The summed E-state index contributed by atoms with van der Waals surface area (Å²) in [6.45, 7) is 5.49. The Hall–Kier alpha value is -1.10. The number of nitrogens with zero attached hydrogens (tertiary/aromatic N) is 2. The molecule has 2 fully saturated rings. The van der Waals surface area contributed by atoms with Gasteiger partial charge in [-0.1, -0.05) is 0 Å². The molecule has 2 rings (SSSR count). The summed E-state index contributed by atoms with van der Waals surface area (Å²) in [4.78, 5) is 27.0. The molecule has 18 heavy (non-hydrogen) atoms. The minimum absolute atomic E-state index is 0.110. The molecule has 0 bridgehead atoms. The van der Waals surface area contributed by atoms with Gasteiger partial charge in [-0.05, 0) is 39.3 Å². The Bertz CT molecular complexity index is 326. The lowest BCUT2D eigenvalue weighted by Crippen LogP contribution is -2.50. The van der Waals surface area contributed by atoms with Crippen molar-refractivity contribution in [2.45, 2.75) is 38.6 Å². The van der Waals surface area contributed by atoms with E-state index in [0.29, 0.717) is 19.4 Å². The second-order valence-electron chi connectivity index (χ2n) is 5.48. The van der Waals surface area contributed by atoms with Gasteiger partial charge in [-0.2, -0.15) is 0 Å². The Morgan fingerprint density at radius 2 is 2.11 bits per heavy atom. The molecule has 0 aromatic rings. The molecule has 0 saturated carbocycles. The molecular weight excluding hydrogens is 232 g/mol. The molecule has 2 aliphatic rings. The highest BCUT2D eigenvalue weighted by Crippen LogP contribution is 2.21. The highest BCUT2D eigenvalue weighted by Gasteiger charge is 2.33. The molecular formula is C13H22N2O3. The van der Waals surface area contributed by atoms with Gasteiger partial charge in [0.15, 0.2) is 0 Å². The van der Waals surface area contributed by atoms with Gasteiger partial charge in [-0.3, -0.25) is 9.59 Å². The van der Waals surface area contributed by atoms with E-state index in [9.17, 15) is 9.59 Å². The molecule has 102 valence electrons. The maximum atomic E-state index is 11.9. The maximum Gasteiger partial charge on any atom is 0.308 e. The van der Waals surface area contributed by atoms with E-state index in [2.05, 4.69) is 4.90 Å². The van der Waals surface area contributed by atoms with Crippen LogP contribution < -0.4 is 0 Å². The number of piperidine rings is 1.